The summed E-state index contributed by atoms with van der Waals surface area (Å²) >= 11 is 14.9. The topological polar surface area (TPSA) is 18.5 Å². The molecule has 0 saturated carbocycles. The molecular formula is C9H9BrCl2O2. The molecule has 0 N–H and O–H groups in total. The molecule has 0 aliphatic heterocycles. The first kappa shape index (κ1) is 12.0. The lowest BCUT2D eigenvalue weighted by Gasteiger charge is -2.12. The molecule has 0 aromatic heterocycles. The highest BCUT2D eigenvalue weighted by Gasteiger charge is 2.14. The summed E-state index contributed by atoms with van der Waals surface area (Å²) in [6.45, 7) is 0. The summed E-state index contributed by atoms with van der Waals surface area (Å²) in [7, 11) is 3.14. The van der Waals surface area contributed by atoms with E-state index in [1.54, 1.807) is 26.4 Å². The first-order valence-electron chi connectivity index (χ1n) is 3.79. The molecule has 0 fully saturated rings. The van der Waals surface area contributed by atoms with Crippen molar-refractivity contribution < 1.29 is 9.47 Å². The molecule has 0 saturated heterocycles. The quantitative estimate of drug-likeness (QED) is 0.787. The summed E-state index contributed by atoms with van der Waals surface area (Å²) in [5.41, 5.74) is 0.691. The zero-order chi connectivity index (χ0) is 10.7. The van der Waals surface area contributed by atoms with Crippen LogP contribution in [0, 0.1) is 0 Å². The van der Waals surface area contributed by atoms with Crippen molar-refractivity contribution in [1.29, 1.82) is 0 Å². The minimum absolute atomic E-state index is 0.632. The molecule has 0 spiro atoms. The summed E-state index contributed by atoms with van der Waals surface area (Å²) in [6.07, 6.45) is 0. The molecule has 5 heteroatoms. The van der Waals surface area contributed by atoms with Gasteiger partial charge in [-0.1, -0.05) is 23.2 Å². The highest BCUT2D eigenvalue weighted by Crippen LogP contribution is 2.39. The van der Waals surface area contributed by atoms with Gasteiger partial charge in [0.2, 0.25) is 0 Å². The fourth-order valence-corrected chi connectivity index (χ4v) is 1.88. The Labute approximate surface area is 101 Å². The van der Waals surface area contributed by atoms with Crippen LogP contribution >= 0.6 is 39.1 Å². The predicted molar refractivity (Wildman–Crippen MR) is 61.7 cm³/mol. The highest BCUT2D eigenvalue weighted by atomic mass is 79.9. The first-order chi connectivity index (χ1) is 6.60. The molecule has 14 heavy (non-hydrogen) atoms. The van der Waals surface area contributed by atoms with Crippen LogP contribution in [0.2, 0.25) is 0 Å². The van der Waals surface area contributed by atoms with E-state index < -0.39 is 4.84 Å². The van der Waals surface area contributed by atoms with Crippen molar-refractivity contribution in [3.8, 4) is 11.5 Å². The molecule has 0 aliphatic rings. The molecule has 0 amide bonds. The maximum atomic E-state index is 5.78. The zero-order valence-corrected chi connectivity index (χ0v) is 10.8. The molecule has 1 rings (SSSR count). The normalized spacial score (nSPS) is 10.4. The lowest BCUT2D eigenvalue weighted by atomic mass is 10.2. The Balaban J connectivity index is 3.25. The Bertz CT molecular complexity index is 329. The molecule has 2 nitrogen and oxygen atoms in total. The van der Waals surface area contributed by atoms with Crippen LogP contribution in [-0.2, 0) is 0 Å². The SMILES string of the molecule is COc1cc(C(Cl)Cl)c(OC)cc1Br. The fraction of sp³-hybridized carbons (Fsp3) is 0.333. The summed E-state index contributed by atoms with van der Waals surface area (Å²) in [6, 6.07) is 3.51. The third-order valence-electron chi connectivity index (χ3n) is 1.74. The van der Waals surface area contributed by atoms with Crippen LogP contribution in [0.1, 0.15) is 10.4 Å². The van der Waals surface area contributed by atoms with Crippen molar-refractivity contribution in [3.63, 3.8) is 0 Å². The maximum absolute atomic E-state index is 5.78. The van der Waals surface area contributed by atoms with Crippen LogP contribution in [-0.4, -0.2) is 14.2 Å². The van der Waals surface area contributed by atoms with Gasteiger partial charge in [0, 0.05) is 5.56 Å². The number of hydrogen-bond donors (Lipinski definition) is 0. The average Bonchev–Trinajstić information content (AvgIpc) is 2.16. The summed E-state index contributed by atoms with van der Waals surface area (Å²) in [5.74, 6) is 1.31. The van der Waals surface area contributed by atoms with Crippen molar-refractivity contribution in [2.75, 3.05) is 14.2 Å². The van der Waals surface area contributed by atoms with Gasteiger partial charge in [0.25, 0.3) is 0 Å². The van der Waals surface area contributed by atoms with Crippen molar-refractivity contribution >= 4 is 39.1 Å². The number of alkyl halides is 2. The Morgan fingerprint density at radius 3 is 2.14 bits per heavy atom. The summed E-state index contributed by atoms with van der Waals surface area (Å²) in [5, 5.41) is 0. The van der Waals surface area contributed by atoms with Crippen molar-refractivity contribution in [2.45, 2.75) is 4.84 Å². The van der Waals surface area contributed by atoms with Gasteiger partial charge in [-0.05, 0) is 28.1 Å². The van der Waals surface area contributed by atoms with Gasteiger partial charge in [-0.25, -0.2) is 0 Å². The Kier molecular flexibility index (Phi) is 4.35. The van der Waals surface area contributed by atoms with E-state index in [-0.39, 0.29) is 0 Å². The largest absolute Gasteiger partial charge is 0.496 e. The molecule has 0 heterocycles. The van der Waals surface area contributed by atoms with Gasteiger partial charge in [0.15, 0.2) is 0 Å². The fourth-order valence-electron chi connectivity index (χ4n) is 1.05. The Morgan fingerprint density at radius 2 is 1.71 bits per heavy atom. The van der Waals surface area contributed by atoms with E-state index >= 15 is 0 Å². The lowest BCUT2D eigenvalue weighted by Crippen LogP contribution is -1.94. The molecule has 0 radical (unpaired) electrons. The van der Waals surface area contributed by atoms with E-state index in [9.17, 15) is 0 Å². The van der Waals surface area contributed by atoms with Gasteiger partial charge in [0.05, 0.1) is 18.7 Å². The van der Waals surface area contributed by atoms with Gasteiger partial charge >= 0.3 is 0 Å². The van der Waals surface area contributed by atoms with E-state index in [1.165, 1.54) is 0 Å². The number of methoxy groups -OCH3 is 2. The first-order valence-corrected chi connectivity index (χ1v) is 5.46. The Morgan fingerprint density at radius 1 is 1.14 bits per heavy atom. The van der Waals surface area contributed by atoms with E-state index in [1.807, 2.05) is 0 Å². The minimum Gasteiger partial charge on any atom is -0.496 e. The number of ether oxygens (including phenoxy) is 2. The molecule has 0 atom stereocenters. The van der Waals surface area contributed by atoms with Crippen LogP contribution in [0.15, 0.2) is 16.6 Å². The van der Waals surface area contributed by atoms with Gasteiger partial charge in [-0.3, -0.25) is 0 Å². The van der Waals surface area contributed by atoms with Gasteiger partial charge in [-0.2, -0.15) is 0 Å². The summed E-state index contributed by atoms with van der Waals surface area (Å²) in [4.78, 5) is -0.632. The van der Waals surface area contributed by atoms with Crippen LogP contribution in [0.4, 0.5) is 0 Å². The lowest BCUT2D eigenvalue weighted by molar-refractivity contribution is 0.398. The van der Waals surface area contributed by atoms with E-state index in [0.717, 1.165) is 4.47 Å². The zero-order valence-electron chi connectivity index (χ0n) is 7.68. The predicted octanol–water partition coefficient (Wildman–Crippen LogP) is 3.94. The molecule has 1 aromatic carbocycles. The van der Waals surface area contributed by atoms with Crippen LogP contribution < -0.4 is 9.47 Å². The van der Waals surface area contributed by atoms with Gasteiger partial charge in [0.1, 0.15) is 16.3 Å². The second-order valence-electron chi connectivity index (χ2n) is 2.53. The van der Waals surface area contributed by atoms with Crippen molar-refractivity contribution in [1.82, 2.24) is 0 Å². The molecule has 0 aliphatic carbocycles. The van der Waals surface area contributed by atoms with E-state index in [0.29, 0.717) is 17.1 Å². The third kappa shape index (κ3) is 2.47. The number of halogens is 3. The monoisotopic (exact) mass is 298 g/mol. The molecular weight excluding hydrogens is 291 g/mol. The van der Waals surface area contributed by atoms with E-state index in [4.69, 9.17) is 32.7 Å². The molecule has 0 unspecified atom stereocenters. The third-order valence-corrected chi connectivity index (χ3v) is 2.83. The highest BCUT2D eigenvalue weighted by molar-refractivity contribution is 9.10. The number of benzene rings is 1. The minimum atomic E-state index is -0.632. The number of rotatable bonds is 3. The van der Waals surface area contributed by atoms with Crippen LogP contribution in [0.25, 0.3) is 0 Å². The summed E-state index contributed by atoms with van der Waals surface area (Å²) < 4.78 is 11.0. The van der Waals surface area contributed by atoms with Crippen molar-refractivity contribution in [3.05, 3.63) is 22.2 Å². The average molecular weight is 300 g/mol. The smallest absolute Gasteiger partial charge is 0.136 e. The van der Waals surface area contributed by atoms with Crippen LogP contribution in [0.3, 0.4) is 0 Å². The second kappa shape index (κ2) is 5.10. The second-order valence-corrected chi connectivity index (χ2v) is 4.48. The van der Waals surface area contributed by atoms with Crippen molar-refractivity contribution in [2.24, 2.45) is 0 Å². The standard InChI is InChI=1S/C9H9BrCl2O2/c1-13-7-4-6(10)8(14-2)3-5(7)9(11)12/h3-4,9H,1-2H3. The van der Waals surface area contributed by atoms with Crippen LogP contribution in [0.5, 0.6) is 11.5 Å². The number of hydrogen-bond acceptors (Lipinski definition) is 2. The molecule has 1 aromatic rings. The Hall–Kier alpha value is -0.120. The van der Waals surface area contributed by atoms with Gasteiger partial charge < -0.3 is 9.47 Å². The maximum Gasteiger partial charge on any atom is 0.136 e. The molecule has 78 valence electrons. The van der Waals surface area contributed by atoms with E-state index in [2.05, 4.69) is 15.9 Å². The molecule has 0 bridgehead atoms. The van der Waals surface area contributed by atoms with Gasteiger partial charge in [-0.15, -0.1) is 0 Å².